The topological polar surface area (TPSA) is 79.7 Å². The van der Waals surface area contributed by atoms with Crippen LogP contribution in [0.25, 0.3) is 32.3 Å². The van der Waals surface area contributed by atoms with Gasteiger partial charge in [-0.25, -0.2) is 9.18 Å². The van der Waals surface area contributed by atoms with E-state index in [1.165, 1.54) is 61.5 Å². The number of nitrogens with zero attached hydrogens (tertiary/aromatic N) is 4. The second-order valence-electron chi connectivity index (χ2n) is 12.1. The number of fused-ring (bicyclic) bond motifs is 6. The second-order valence-corrected chi connectivity index (χ2v) is 12.1. The fourth-order valence-electron chi connectivity index (χ4n) is 6.98. The summed E-state index contributed by atoms with van der Waals surface area (Å²) in [5.41, 5.74) is 4.37. The highest BCUT2D eigenvalue weighted by atomic mass is 19.1. The summed E-state index contributed by atoms with van der Waals surface area (Å²) in [5.74, 6) is -0.599. The summed E-state index contributed by atoms with van der Waals surface area (Å²) in [4.78, 5) is 27.1. The SMILES string of the molecule is CC(=O)NC[C@H]1CN(c2ccc(N3CCc4c(cnn4Cc4cccc5c4ccc4c6ccccc6ccc54)C3)c(F)c2)C(=O)O1. The third-order valence-corrected chi connectivity index (χ3v) is 9.25. The summed E-state index contributed by atoms with van der Waals surface area (Å²) < 4.78 is 22.9. The molecule has 0 saturated carbocycles. The van der Waals surface area contributed by atoms with E-state index in [1.807, 2.05) is 11.1 Å². The molecule has 230 valence electrons. The number of nitrogens with one attached hydrogen (secondary N) is 1. The van der Waals surface area contributed by atoms with Crippen molar-refractivity contribution < 1.29 is 18.7 Å². The summed E-state index contributed by atoms with van der Waals surface area (Å²) >= 11 is 0. The quantitative estimate of drug-likeness (QED) is 0.216. The van der Waals surface area contributed by atoms with E-state index >= 15 is 4.39 Å². The number of carbonyl (C=O) groups excluding carboxylic acids is 2. The van der Waals surface area contributed by atoms with Crippen LogP contribution in [0.2, 0.25) is 0 Å². The van der Waals surface area contributed by atoms with Crippen LogP contribution in [0, 0.1) is 5.82 Å². The zero-order valence-electron chi connectivity index (χ0n) is 25.4. The van der Waals surface area contributed by atoms with E-state index < -0.39 is 18.0 Å². The lowest BCUT2D eigenvalue weighted by molar-refractivity contribution is -0.119. The van der Waals surface area contributed by atoms with Crippen LogP contribution < -0.4 is 15.1 Å². The monoisotopic (exact) mass is 613 g/mol. The Balaban J connectivity index is 1.01. The van der Waals surface area contributed by atoms with Crippen molar-refractivity contribution in [3.05, 3.63) is 114 Å². The lowest BCUT2D eigenvalue weighted by Crippen LogP contribution is -2.33. The lowest BCUT2D eigenvalue weighted by Gasteiger charge is -2.30. The van der Waals surface area contributed by atoms with Gasteiger partial charge in [0.25, 0.3) is 0 Å². The van der Waals surface area contributed by atoms with Gasteiger partial charge in [-0.1, -0.05) is 66.7 Å². The normalized spacial score (nSPS) is 16.3. The molecule has 2 amide bonds. The van der Waals surface area contributed by atoms with Crippen LogP contribution in [-0.4, -0.2) is 47.5 Å². The summed E-state index contributed by atoms with van der Waals surface area (Å²) in [6.07, 6.45) is 1.60. The number of hydrogen-bond acceptors (Lipinski definition) is 5. The van der Waals surface area contributed by atoms with Crippen LogP contribution in [0.4, 0.5) is 20.6 Å². The molecule has 9 heteroatoms. The molecule has 1 aromatic heterocycles. The largest absolute Gasteiger partial charge is 0.442 e. The van der Waals surface area contributed by atoms with Crippen LogP contribution in [0.3, 0.4) is 0 Å². The first-order valence-electron chi connectivity index (χ1n) is 15.6. The second kappa shape index (κ2) is 11.2. The van der Waals surface area contributed by atoms with Crippen molar-refractivity contribution >= 4 is 55.7 Å². The van der Waals surface area contributed by atoms with Gasteiger partial charge in [-0.3, -0.25) is 14.4 Å². The Labute approximate surface area is 265 Å². The van der Waals surface area contributed by atoms with Crippen LogP contribution in [0.15, 0.2) is 91.1 Å². The maximum atomic E-state index is 15.5. The number of ether oxygens (including phenoxy) is 1. The number of cyclic esters (lactones) is 1. The predicted molar refractivity (Wildman–Crippen MR) is 178 cm³/mol. The minimum Gasteiger partial charge on any atom is -0.442 e. The van der Waals surface area contributed by atoms with Crippen molar-refractivity contribution in [2.24, 2.45) is 0 Å². The molecule has 0 bridgehead atoms. The fourth-order valence-corrected chi connectivity index (χ4v) is 6.98. The Kier molecular flexibility index (Phi) is 6.82. The fraction of sp³-hybridized carbons (Fsp3) is 0.216. The molecule has 2 aliphatic heterocycles. The molecule has 0 spiro atoms. The van der Waals surface area contributed by atoms with Crippen molar-refractivity contribution in [1.29, 1.82) is 0 Å². The van der Waals surface area contributed by atoms with Gasteiger partial charge in [0.05, 0.1) is 37.2 Å². The van der Waals surface area contributed by atoms with Gasteiger partial charge in [-0.15, -0.1) is 0 Å². The number of carbonyl (C=O) groups is 2. The molecule has 8 nitrogen and oxygen atoms in total. The van der Waals surface area contributed by atoms with Crippen molar-refractivity contribution in [3.8, 4) is 0 Å². The number of hydrogen-bond donors (Lipinski definition) is 1. The minimum absolute atomic E-state index is 0.198. The maximum absolute atomic E-state index is 15.5. The molecule has 0 radical (unpaired) electrons. The molecule has 6 aromatic rings. The van der Waals surface area contributed by atoms with E-state index in [9.17, 15) is 9.59 Å². The van der Waals surface area contributed by atoms with E-state index in [2.05, 4.69) is 76.7 Å². The van der Waals surface area contributed by atoms with Gasteiger partial charge in [-0.05, 0) is 56.1 Å². The van der Waals surface area contributed by atoms with Crippen molar-refractivity contribution in [3.63, 3.8) is 0 Å². The minimum atomic E-state index is -0.551. The Bertz CT molecular complexity index is 2180. The Morgan fingerprint density at radius 2 is 1.74 bits per heavy atom. The molecule has 46 heavy (non-hydrogen) atoms. The van der Waals surface area contributed by atoms with Gasteiger partial charge in [0.1, 0.15) is 11.9 Å². The molecule has 0 aliphatic carbocycles. The lowest BCUT2D eigenvalue weighted by atomic mass is 9.95. The molecule has 0 unspecified atom stereocenters. The van der Waals surface area contributed by atoms with Crippen molar-refractivity contribution in [2.75, 3.05) is 29.4 Å². The van der Waals surface area contributed by atoms with E-state index in [1.54, 1.807) is 12.1 Å². The molecule has 5 aromatic carbocycles. The highest BCUT2D eigenvalue weighted by molar-refractivity contribution is 6.17. The highest BCUT2D eigenvalue weighted by Crippen LogP contribution is 2.34. The first-order chi connectivity index (χ1) is 22.4. The smallest absolute Gasteiger partial charge is 0.414 e. The first-order valence-corrected chi connectivity index (χ1v) is 15.6. The molecule has 1 atom stereocenters. The average Bonchev–Trinajstić information content (AvgIpc) is 3.65. The molecule has 2 aliphatic rings. The number of aromatic nitrogens is 2. The molecule has 8 rings (SSSR count). The molecule has 1 N–H and O–H groups in total. The number of benzene rings is 5. The summed E-state index contributed by atoms with van der Waals surface area (Å²) in [7, 11) is 0. The third-order valence-electron chi connectivity index (χ3n) is 9.25. The number of halogens is 1. The van der Waals surface area contributed by atoms with E-state index in [-0.39, 0.29) is 19.0 Å². The number of amides is 2. The number of rotatable bonds is 6. The van der Waals surface area contributed by atoms with Gasteiger partial charge in [0.2, 0.25) is 5.91 Å². The van der Waals surface area contributed by atoms with Gasteiger partial charge in [0, 0.05) is 37.7 Å². The summed E-state index contributed by atoms with van der Waals surface area (Å²) in [6, 6.07) is 28.7. The molecular formula is C37H32FN5O3. The van der Waals surface area contributed by atoms with Gasteiger partial charge in [0.15, 0.2) is 0 Å². The van der Waals surface area contributed by atoms with Crippen molar-refractivity contribution in [2.45, 2.75) is 32.5 Å². The average molecular weight is 614 g/mol. The van der Waals surface area contributed by atoms with Gasteiger partial charge >= 0.3 is 6.09 Å². The third kappa shape index (κ3) is 4.88. The van der Waals surface area contributed by atoms with Crippen LogP contribution in [-0.2, 0) is 29.0 Å². The number of anilines is 2. The summed E-state index contributed by atoms with van der Waals surface area (Å²) in [5, 5.41) is 14.9. The van der Waals surface area contributed by atoms with E-state index in [0.29, 0.717) is 31.0 Å². The molecule has 3 heterocycles. The van der Waals surface area contributed by atoms with E-state index in [0.717, 1.165) is 12.0 Å². The first kappa shape index (κ1) is 28.1. The van der Waals surface area contributed by atoms with Crippen LogP contribution in [0.5, 0.6) is 0 Å². The summed E-state index contributed by atoms with van der Waals surface area (Å²) in [6.45, 7) is 3.72. The molecule has 1 fully saturated rings. The molecule has 1 saturated heterocycles. The standard InChI is InChI=1S/C37H32FN5O3/c1-23(44)39-19-28-22-42(37(45)46-28)27-10-14-36(34(38)17-27)41-16-15-35-26(20-41)18-40-43(35)21-25-6-4-8-31-30(25)12-13-32-29-7-3-2-5-24(29)9-11-33(31)32/h2-14,17-18,28H,15-16,19-22H2,1H3,(H,39,44)/t28-/m0/s1. The Morgan fingerprint density at radius 1 is 0.957 bits per heavy atom. The predicted octanol–water partition coefficient (Wildman–Crippen LogP) is 6.55. The zero-order valence-corrected chi connectivity index (χ0v) is 25.4. The van der Waals surface area contributed by atoms with Crippen LogP contribution in [0.1, 0.15) is 23.7 Å². The van der Waals surface area contributed by atoms with Gasteiger partial charge in [-0.2, -0.15) is 5.10 Å². The zero-order chi connectivity index (χ0) is 31.4. The van der Waals surface area contributed by atoms with Gasteiger partial charge < -0.3 is 15.0 Å². The Hall–Kier alpha value is -5.44. The van der Waals surface area contributed by atoms with E-state index in [4.69, 9.17) is 9.84 Å². The Morgan fingerprint density at radius 3 is 2.61 bits per heavy atom. The highest BCUT2D eigenvalue weighted by Gasteiger charge is 2.33. The van der Waals surface area contributed by atoms with Crippen molar-refractivity contribution in [1.82, 2.24) is 15.1 Å². The maximum Gasteiger partial charge on any atom is 0.414 e. The molecular weight excluding hydrogens is 581 g/mol. The van der Waals surface area contributed by atoms with Crippen LogP contribution >= 0.6 is 0 Å².